The summed E-state index contributed by atoms with van der Waals surface area (Å²) >= 11 is 0. The second kappa shape index (κ2) is 11.8. The maximum Gasteiger partial charge on any atom is 0.0716 e. The minimum absolute atomic E-state index is 0.243. The van der Waals surface area contributed by atoms with E-state index in [0.29, 0.717) is 6.61 Å². The Hall–Kier alpha value is -1.30. The zero-order valence-corrected chi connectivity index (χ0v) is 11.6. The van der Waals surface area contributed by atoms with Crippen molar-refractivity contribution in [2.24, 2.45) is 0 Å². The Morgan fingerprint density at radius 2 is 1.63 bits per heavy atom. The molecule has 2 heteroatoms. The summed E-state index contributed by atoms with van der Waals surface area (Å²) in [5.74, 6) is 6.20. The molecule has 0 aromatic heterocycles. The van der Waals surface area contributed by atoms with Gasteiger partial charge in [-0.05, 0) is 24.8 Å². The molecule has 0 saturated heterocycles. The molecule has 19 heavy (non-hydrogen) atoms. The third kappa shape index (κ3) is 9.30. The first-order chi connectivity index (χ1) is 9.43. The van der Waals surface area contributed by atoms with Crippen LogP contribution in [0.5, 0.6) is 0 Å². The van der Waals surface area contributed by atoms with Gasteiger partial charge in [-0.25, -0.2) is 0 Å². The van der Waals surface area contributed by atoms with Crippen molar-refractivity contribution in [3.05, 3.63) is 35.9 Å². The van der Waals surface area contributed by atoms with Gasteiger partial charge < -0.3 is 9.84 Å². The number of benzene rings is 1. The summed E-state index contributed by atoms with van der Waals surface area (Å²) in [6.07, 6.45) is 5.98. The Morgan fingerprint density at radius 1 is 0.895 bits per heavy atom. The third-order valence-corrected chi connectivity index (χ3v) is 2.79. The van der Waals surface area contributed by atoms with Crippen molar-refractivity contribution >= 4 is 0 Å². The van der Waals surface area contributed by atoms with Crippen molar-refractivity contribution in [2.45, 2.75) is 45.1 Å². The van der Waals surface area contributed by atoms with Gasteiger partial charge in [0, 0.05) is 26.1 Å². The molecule has 0 amide bonds. The van der Waals surface area contributed by atoms with Crippen LogP contribution in [0.15, 0.2) is 30.3 Å². The Morgan fingerprint density at radius 3 is 2.37 bits per heavy atom. The molecule has 0 atom stereocenters. The van der Waals surface area contributed by atoms with Crippen molar-refractivity contribution in [3.8, 4) is 11.8 Å². The molecule has 0 saturated carbocycles. The molecule has 0 radical (unpaired) electrons. The first-order valence-electron chi connectivity index (χ1n) is 7.11. The fourth-order valence-corrected chi connectivity index (χ4v) is 1.70. The monoisotopic (exact) mass is 260 g/mol. The fourth-order valence-electron chi connectivity index (χ4n) is 1.70. The summed E-state index contributed by atoms with van der Waals surface area (Å²) in [7, 11) is 0. The summed E-state index contributed by atoms with van der Waals surface area (Å²) in [6.45, 7) is 1.78. The number of aliphatic hydroxyl groups excluding tert-OH is 1. The summed E-state index contributed by atoms with van der Waals surface area (Å²) in [5.41, 5.74) is 1.23. The van der Waals surface area contributed by atoms with E-state index in [4.69, 9.17) is 9.84 Å². The fraction of sp³-hybridized carbons (Fsp3) is 0.529. The quantitative estimate of drug-likeness (QED) is 0.543. The Bertz CT molecular complexity index is 362. The van der Waals surface area contributed by atoms with Gasteiger partial charge in [0.05, 0.1) is 6.61 Å². The molecule has 0 heterocycles. The molecule has 0 bridgehead atoms. The maximum atomic E-state index is 8.59. The SMILES string of the molecule is OCCCC#CCCCCCOCc1ccccc1. The predicted molar refractivity (Wildman–Crippen MR) is 78.7 cm³/mol. The molecule has 0 aliphatic heterocycles. The van der Waals surface area contributed by atoms with Gasteiger partial charge in [0.1, 0.15) is 0 Å². The number of unbranched alkanes of at least 4 members (excludes halogenated alkanes) is 4. The highest BCUT2D eigenvalue weighted by atomic mass is 16.5. The molecule has 1 aromatic rings. The van der Waals surface area contributed by atoms with Gasteiger partial charge in [-0.1, -0.05) is 36.8 Å². The van der Waals surface area contributed by atoms with E-state index >= 15 is 0 Å². The number of hydrogen-bond donors (Lipinski definition) is 1. The molecule has 104 valence electrons. The summed E-state index contributed by atoms with van der Waals surface area (Å²) in [4.78, 5) is 0. The van der Waals surface area contributed by atoms with Gasteiger partial charge in [0.2, 0.25) is 0 Å². The zero-order chi connectivity index (χ0) is 13.6. The van der Waals surface area contributed by atoms with E-state index in [1.54, 1.807) is 0 Å². The van der Waals surface area contributed by atoms with E-state index in [2.05, 4.69) is 24.0 Å². The van der Waals surface area contributed by atoms with E-state index < -0.39 is 0 Å². The molecule has 1 N–H and O–H groups in total. The van der Waals surface area contributed by atoms with Crippen LogP contribution in [0, 0.1) is 11.8 Å². The number of ether oxygens (including phenoxy) is 1. The van der Waals surface area contributed by atoms with E-state index in [1.165, 1.54) is 12.0 Å². The summed E-state index contributed by atoms with van der Waals surface area (Å²) in [5, 5.41) is 8.59. The molecular formula is C17H24O2. The molecule has 0 fully saturated rings. The van der Waals surface area contributed by atoms with Crippen LogP contribution in [0.4, 0.5) is 0 Å². The lowest BCUT2D eigenvalue weighted by Crippen LogP contribution is -1.95. The summed E-state index contributed by atoms with van der Waals surface area (Å²) in [6, 6.07) is 10.3. The number of rotatable bonds is 9. The van der Waals surface area contributed by atoms with Crippen molar-refractivity contribution in [3.63, 3.8) is 0 Å². The summed E-state index contributed by atoms with van der Waals surface area (Å²) < 4.78 is 5.62. The highest BCUT2D eigenvalue weighted by Gasteiger charge is 1.92. The highest BCUT2D eigenvalue weighted by Crippen LogP contribution is 2.03. The standard InChI is InChI=1S/C17H24O2/c18-14-10-5-3-1-2-4-6-11-15-19-16-17-12-8-7-9-13-17/h7-9,12-13,18H,2,4-6,10-11,14-16H2. The minimum atomic E-state index is 0.243. The van der Waals surface area contributed by atoms with E-state index in [0.717, 1.165) is 38.7 Å². The van der Waals surface area contributed by atoms with Gasteiger partial charge in [0.25, 0.3) is 0 Å². The van der Waals surface area contributed by atoms with Crippen LogP contribution in [0.1, 0.15) is 44.1 Å². The van der Waals surface area contributed by atoms with Gasteiger partial charge in [-0.15, -0.1) is 11.8 Å². The largest absolute Gasteiger partial charge is 0.396 e. The number of aliphatic hydroxyl groups is 1. The zero-order valence-electron chi connectivity index (χ0n) is 11.6. The normalized spacial score (nSPS) is 9.95. The molecule has 0 aliphatic carbocycles. The average Bonchev–Trinajstić information content (AvgIpc) is 2.46. The second-order valence-corrected chi connectivity index (χ2v) is 4.53. The molecule has 0 unspecified atom stereocenters. The highest BCUT2D eigenvalue weighted by molar-refractivity contribution is 5.13. The van der Waals surface area contributed by atoms with Crippen LogP contribution in [0.2, 0.25) is 0 Å². The second-order valence-electron chi connectivity index (χ2n) is 4.53. The Kier molecular flexibility index (Phi) is 9.76. The minimum Gasteiger partial charge on any atom is -0.396 e. The number of hydrogen-bond acceptors (Lipinski definition) is 2. The smallest absolute Gasteiger partial charge is 0.0716 e. The van der Waals surface area contributed by atoms with Crippen LogP contribution in [0.25, 0.3) is 0 Å². The van der Waals surface area contributed by atoms with Crippen molar-refractivity contribution in [1.29, 1.82) is 0 Å². The van der Waals surface area contributed by atoms with Crippen LogP contribution in [-0.4, -0.2) is 18.3 Å². The van der Waals surface area contributed by atoms with E-state index in [-0.39, 0.29) is 6.61 Å². The lowest BCUT2D eigenvalue weighted by molar-refractivity contribution is 0.117. The molecule has 1 aromatic carbocycles. The molecule has 0 aliphatic rings. The molecule has 0 spiro atoms. The first-order valence-corrected chi connectivity index (χ1v) is 7.11. The lowest BCUT2D eigenvalue weighted by Gasteiger charge is -2.03. The molecule has 1 rings (SSSR count). The van der Waals surface area contributed by atoms with Crippen molar-refractivity contribution in [1.82, 2.24) is 0 Å². The van der Waals surface area contributed by atoms with Crippen molar-refractivity contribution in [2.75, 3.05) is 13.2 Å². The average molecular weight is 260 g/mol. The Labute approximate surface area is 116 Å². The topological polar surface area (TPSA) is 29.5 Å². The Balaban J connectivity index is 1.87. The molecule has 2 nitrogen and oxygen atoms in total. The van der Waals surface area contributed by atoms with E-state index in [1.807, 2.05) is 18.2 Å². The van der Waals surface area contributed by atoms with Gasteiger partial charge in [-0.3, -0.25) is 0 Å². The lowest BCUT2D eigenvalue weighted by atomic mass is 10.2. The van der Waals surface area contributed by atoms with Gasteiger partial charge in [-0.2, -0.15) is 0 Å². The van der Waals surface area contributed by atoms with Crippen LogP contribution in [-0.2, 0) is 11.3 Å². The molecular weight excluding hydrogens is 236 g/mol. The van der Waals surface area contributed by atoms with Crippen molar-refractivity contribution < 1.29 is 9.84 Å². The predicted octanol–water partition coefficient (Wildman–Crippen LogP) is 3.54. The first kappa shape index (κ1) is 15.8. The van der Waals surface area contributed by atoms with Gasteiger partial charge >= 0.3 is 0 Å². The van der Waals surface area contributed by atoms with E-state index in [9.17, 15) is 0 Å². The maximum absolute atomic E-state index is 8.59. The van der Waals surface area contributed by atoms with Crippen LogP contribution < -0.4 is 0 Å². The van der Waals surface area contributed by atoms with Gasteiger partial charge in [0.15, 0.2) is 0 Å². The van der Waals surface area contributed by atoms with Crippen LogP contribution in [0.3, 0.4) is 0 Å². The van der Waals surface area contributed by atoms with Crippen LogP contribution >= 0.6 is 0 Å². The third-order valence-electron chi connectivity index (χ3n) is 2.79.